The van der Waals surface area contributed by atoms with Gasteiger partial charge in [-0.1, -0.05) is 24.3 Å². The molecule has 0 radical (unpaired) electrons. The summed E-state index contributed by atoms with van der Waals surface area (Å²) >= 11 is 0. The van der Waals surface area contributed by atoms with Gasteiger partial charge in [0.1, 0.15) is 12.4 Å². The molecule has 0 fully saturated rings. The first-order valence-corrected chi connectivity index (χ1v) is 8.83. The van der Waals surface area contributed by atoms with Gasteiger partial charge in [-0.2, -0.15) is 0 Å². The summed E-state index contributed by atoms with van der Waals surface area (Å²) in [5, 5.41) is 5.27. The minimum Gasteiger partial charge on any atom is -0.491 e. The van der Waals surface area contributed by atoms with Crippen molar-refractivity contribution in [3.05, 3.63) is 71.3 Å². The Morgan fingerprint density at radius 2 is 1.73 bits per heavy atom. The number of aryl methyl sites for hydroxylation is 2. The Bertz CT molecular complexity index is 937. The van der Waals surface area contributed by atoms with Crippen LogP contribution in [0.3, 0.4) is 0 Å². The zero-order chi connectivity index (χ0) is 17.9. The van der Waals surface area contributed by atoms with E-state index in [4.69, 9.17) is 9.47 Å². The molecule has 3 aromatic carbocycles. The van der Waals surface area contributed by atoms with Gasteiger partial charge in [-0.05, 0) is 65.1 Å². The molecule has 0 heterocycles. The molecule has 4 rings (SSSR count). The fourth-order valence-corrected chi connectivity index (χ4v) is 3.52. The molecule has 1 aliphatic carbocycles. The standard InChI is InChI=1S/C22H21NO3/c1-25-13-14-26-18-10-8-17(9-11-18)23-22(24)20-12-7-16-6-5-15-3-2-4-19(20)21(15)16/h2-4,7-12H,5-6,13-14H2,1H3,(H,23,24). The first-order chi connectivity index (χ1) is 12.8. The van der Waals surface area contributed by atoms with Crippen LogP contribution in [0.15, 0.2) is 54.6 Å². The highest BCUT2D eigenvalue weighted by atomic mass is 16.5. The maximum atomic E-state index is 12.8. The van der Waals surface area contributed by atoms with Crippen LogP contribution in [0.25, 0.3) is 10.8 Å². The Kier molecular flexibility index (Phi) is 4.59. The number of ether oxygens (including phenoxy) is 2. The van der Waals surface area contributed by atoms with E-state index in [2.05, 4.69) is 17.4 Å². The monoisotopic (exact) mass is 347 g/mol. The third kappa shape index (κ3) is 3.16. The van der Waals surface area contributed by atoms with Crippen molar-refractivity contribution in [2.24, 2.45) is 0 Å². The summed E-state index contributed by atoms with van der Waals surface area (Å²) < 4.78 is 10.5. The van der Waals surface area contributed by atoms with Crippen molar-refractivity contribution >= 4 is 22.4 Å². The predicted octanol–water partition coefficient (Wildman–Crippen LogP) is 4.22. The Morgan fingerprint density at radius 1 is 0.962 bits per heavy atom. The number of anilines is 1. The summed E-state index contributed by atoms with van der Waals surface area (Å²) in [6, 6.07) is 17.6. The molecule has 1 amide bonds. The number of rotatable bonds is 6. The largest absolute Gasteiger partial charge is 0.491 e. The van der Waals surface area contributed by atoms with Gasteiger partial charge in [-0.15, -0.1) is 0 Å². The summed E-state index contributed by atoms with van der Waals surface area (Å²) in [6.45, 7) is 1.05. The van der Waals surface area contributed by atoms with E-state index in [1.54, 1.807) is 7.11 Å². The van der Waals surface area contributed by atoms with Gasteiger partial charge in [0.2, 0.25) is 0 Å². The van der Waals surface area contributed by atoms with Crippen molar-refractivity contribution in [2.45, 2.75) is 12.8 Å². The smallest absolute Gasteiger partial charge is 0.256 e. The van der Waals surface area contributed by atoms with Crippen LogP contribution in [0.1, 0.15) is 21.5 Å². The minimum atomic E-state index is -0.0892. The summed E-state index contributed by atoms with van der Waals surface area (Å²) in [6.07, 6.45) is 2.12. The van der Waals surface area contributed by atoms with Gasteiger partial charge in [0.25, 0.3) is 5.91 Å². The van der Waals surface area contributed by atoms with Gasteiger partial charge in [0.05, 0.1) is 6.61 Å². The molecule has 0 atom stereocenters. The van der Waals surface area contributed by atoms with Crippen LogP contribution in [-0.4, -0.2) is 26.2 Å². The Hall–Kier alpha value is -2.85. The third-order valence-corrected chi connectivity index (χ3v) is 4.79. The van der Waals surface area contributed by atoms with Crippen LogP contribution < -0.4 is 10.1 Å². The van der Waals surface area contributed by atoms with Gasteiger partial charge >= 0.3 is 0 Å². The summed E-state index contributed by atoms with van der Waals surface area (Å²) in [4.78, 5) is 12.8. The molecule has 0 spiro atoms. The Labute approximate surface area is 152 Å². The third-order valence-electron chi connectivity index (χ3n) is 4.79. The van der Waals surface area contributed by atoms with Crippen LogP contribution in [0, 0.1) is 0 Å². The van der Waals surface area contributed by atoms with Crippen LogP contribution >= 0.6 is 0 Å². The van der Waals surface area contributed by atoms with Gasteiger partial charge in [-0.25, -0.2) is 0 Å². The number of hydrogen-bond donors (Lipinski definition) is 1. The number of methoxy groups -OCH3 is 1. The second kappa shape index (κ2) is 7.18. The van der Waals surface area contributed by atoms with Crippen molar-refractivity contribution in [1.29, 1.82) is 0 Å². The molecule has 4 heteroatoms. The number of benzene rings is 3. The quantitative estimate of drug-likeness (QED) is 0.679. The first kappa shape index (κ1) is 16.6. The van der Waals surface area contributed by atoms with Gasteiger partial charge in [0.15, 0.2) is 0 Å². The Balaban J connectivity index is 1.53. The molecular formula is C22H21NO3. The molecule has 0 unspecified atom stereocenters. The average molecular weight is 347 g/mol. The summed E-state index contributed by atoms with van der Waals surface area (Å²) in [5.74, 6) is 0.666. The fraction of sp³-hybridized carbons (Fsp3) is 0.227. The molecular weight excluding hydrogens is 326 g/mol. The molecule has 0 saturated heterocycles. The lowest BCUT2D eigenvalue weighted by molar-refractivity contribution is 0.102. The molecule has 0 aromatic heterocycles. The van der Waals surface area contributed by atoms with Gasteiger partial charge in [-0.3, -0.25) is 4.79 Å². The van der Waals surface area contributed by atoms with E-state index in [9.17, 15) is 4.79 Å². The lowest BCUT2D eigenvalue weighted by Gasteiger charge is -2.11. The van der Waals surface area contributed by atoms with Crippen LogP contribution in [0.5, 0.6) is 5.75 Å². The van der Waals surface area contributed by atoms with Crippen molar-refractivity contribution < 1.29 is 14.3 Å². The number of nitrogens with one attached hydrogen (secondary N) is 1. The molecule has 0 aliphatic heterocycles. The second-order valence-corrected chi connectivity index (χ2v) is 6.43. The maximum absolute atomic E-state index is 12.8. The SMILES string of the molecule is COCCOc1ccc(NC(=O)c2ccc3c4c(cccc24)CC3)cc1. The average Bonchev–Trinajstić information content (AvgIpc) is 3.09. The summed E-state index contributed by atoms with van der Waals surface area (Å²) in [7, 11) is 1.64. The van der Waals surface area contributed by atoms with Crippen LogP contribution in [0.2, 0.25) is 0 Å². The van der Waals surface area contributed by atoms with Crippen molar-refractivity contribution in [1.82, 2.24) is 0 Å². The predicted molar refractivity (Wildman–Crippen MR) is 103 cm³/mol. The van der Waals surface area contributed by atoms with Crippen LogP contribution in [0.4, 0.5) is 5.69 Å². The number of carbonyl (C=O) groups is 1. The van der Waals surface area contributed by atoms with Crippen molar-refractivity contribution in [3.8, 4) is 5.75 Å². The van der Waals surface area contributed by atoms with E-state index in [0.29, 0.717) is 18.8 Å². The van der Waals surface area contributed by atoms with Gasteiger partial charge < -0.3 is 14.8 Å². The van der Waals surface area contributed by atoms with Crippen molar-refractivity contribution in [3.63, 3.8) is 0 Å². The summed E-state index contributed by atoms with van der Waals surface area (Å²) in [5.41, 5.74) is 4.14. The molecule has 26 heavy (non-hydrogen) atoms. The maximum Gasteiger partial charge on any atom is 0.256 e. The highest BCUT2D eigenvalue weighted by molar-refractivity contribution is 6.14. The first-order valence-electron chi connectivity index (χ1n) is 8.83. The molecule has 3 aromatic rings. The van der Waals surface area contributed by atoms with E-state index < -0.39 is 0 Å². The molecule has 1 N–H and O–H groups in total. The number of carbonyl (C=O) groups excluding carboxylic acids is 1. The van der Waals surface area contributed by atoms with E-state index in [0.717, 1.165) is 29.7 Å². The van der Waals surface area contributed by atoms with Crippen molar-refractivity contribution in [2.75, 3.05) is 25.6 Å². The molecule has 4 nitrogen and oxygen atoms in total. The normalized spacial score (nSPS) is 12.3. The van der Waals surface area contributed by atoms with E-state index in [1.807, 2.05) is 42.5 Å². The fourth-order valence-electron chi connectivity index (χ4n) is 3.52. The van der Waals surface area contributed by atoms with Gasteiger partial charge in [0, 0.05) is 18.4 Å². The highest BCUT2D eigenvalue weighted by Crippen LogP contribution is 2.33. The molecule has 0 bridgehead atoms. The zero-order valence-corrected chi connectivity index (χ0v) is 14.7. The lowest BCUT2D eigenvalue weighted by atomic mass is 9.99. The Morgan fingerprint density at radius 3 is 2.50 bits per heavy atom. The molecule has 1 aliphatic rings. The van der Waals surface area contributed by atoms with E-state index in [-0.39, 0.29) is 5.91 Å². The zero-order valence-electron chi connectivity index (χ0n) is 14.7. The molecule has 0 saturated carbocycles. The topological polar surface area (TPSA) is 47.6 Å². The number of amides is 1. The second-order valence-electron chi connectivity index (χ2n) is 6.43. The van der Waals surface area contributed by atoms with E-state index >= 15 is 0 Å². The highest BCUT2D eigenvalue weighted by Gasteiger charge is 2.18. The number of hydrogen-bond acceptors (Lipinski definition) is 3. The van der Waals surface area contributed by atoms with E-state index in [1.165, 1.54) is 16.5 Å². The van der Waals surface area contributed by atoms with Crippen LogP contribution in [-0.2, 0) is 17.6 Å². The minimum absolute atomic E-state index is 0.0892. The lowest BCUT2D eigenvalue weighted by Crippen LogP contribution is -2.12. The molecule has 132 valence electrons.